The number of halogens is 1. The minimum Gasteiger partial charge on any atom is -0.444 e. The van der Waals surface area contributed by atoms with Gasteiger partial charge in [-0.15, -0.1) is 20.4 Å². The van der Waals surface area contributed by atoms with E-state index in [0.29, 0.717) is 28.0 Å². The van der Waals surface area contributed by atoms with E-state index in [1.807, 2.05) is 0 Å². The molecule has 152 valence electrons. The number of aromatic nitrogens is 5. The summed E-state index contributed by atoms with van der Waals surface area (Å²) >= 11 is 4.83. The van der Waals surface area contributed by atoms with Crippen molar-refractivity contribution < 1.29 is 8.83 Å². The van der Waals surface area contributed by atoms with Crippen LogP contribution in [0.1, 0.15) is 50.9 Å². The van der Waals surface area contributed by atoms with Gasteiger partial charge in [0.25, 0.3) is 5.89 Å². The first-order valence-corrected chi connectivity index (χ1v) is 11.1. The van der Waals surface area contributed by atoms with Gasteiger partial charge in [0.05, 0.1) is 11.8 Å². The van der Waals surface area contributed by atoms with E-state index in [2.05, 4.69) is 73.7 Å². The zero-order valence-corrected chi connectivity index (χ0v) is 19.0. The largest absolute Gasteiger partial charge is 0.444 e. The molecule has 0 aliphatic carbocycles. The summed E-state index contributed by atoms with van der Waals surface area (Å²) in [6, 6.07) is 3.82. The highest BCUT2D eigenvalue weighted by atomic mass is 79.9. The van der Waals surface area contributed by atoms with Gasteiger partial charge in [0.15, 0.2) is 21.4 Å². The van der Waals surface area contributed by atoms with E-state index in [4.69, 9.17) is 8.83 Å². The minimum absolute atomic E-state index is 0.242. The molecule has 0 saturated heterocycles. The van der Waals surface area contributed by atoms with Crippen molar-refractivity contribution >= 4 is 27.7 Å². The number of hydrogen-bond donors (Lipinski definition) is 0. The number of hydrogen-bond acceptors (Lipinski definition) is 8. The highest BCUT2D eigenvalue weighted by molar-refractivity contribution is 9.10. The SMILES string of the molecule is CCCCn1c(SCc2nnc(-c3ccc(Br)o3)o2)nnc1C(CC)N(C)C. The fraction of sp³-hybridized carbons (Fsp3) is 0.556. The summed E-state index contributed by atoms with van der Waals surface area (Å²) in [5.41, 5.74) is 0. The van der Waals surface area contributed by atoms with Gasteiger partial charge < -0.3 is 13.4 Å². The van der Waals surface area contributed by atoms with E-state index in [0.717, 1.165) is 36.8 Å². The molecule has 0 amide bonds. The molecule has 0 radical (unpaired) electrons. The van der Waals surface area contributed by atoms with Crippen LogP contribution in [0.2, 0.25) is 0 Å². The Kier molecular flexibility index (Phi) is 7.30. The van der Waals surface area contributed by atoms with E-state index in [9.17, 15) is 0 Å². The summed E-state index contributed by atoms with van der Waals surface area (Å²) in [6.45, 7) is 5.26. The highest BCUT2D eigenvalue weighted by Crippen LogP contribution is 2.29. The highest BCUT2D eigenvalue weighted by Gasteiger charge is 2.22. The maximum atomic E-state index is 5.72. The van der Waals surface area contributed by atoms with Crippen molar-refractivity contribution in [2.45, 2.75) is 56.6 Å². The molecular formula is C18H25BrN6O2S. The van der Waals surface area contributed by atoms with Crippen LogP contribution in [-0.4, -0.2) is 44.0 Å². The molecular weight excluding hydrogens is 444 g/mol. The Hall–Kier alpha value is -1.65. The molecule has 0 spiro atoms. The lowest BCUT2D eigenvalue weighted by Crippen LogP contribution is -2.23. The molecule has 3 aromatic heterocycles. The Morgan fingerprint density at radius 1 is 1.14 bits per heavy atom. The number of rotatable bonds is 10. The van der Waals surface area contributed by atoms with Crippen LogP contribution < -0.4 is 0 Å². The molecule has 1 atom stereocenters. The van der Waals surface area contributed by atoms with Crippen molar-refractivity contribution in [1.82, 2.24) is 29.9 Å². The maximum Gasteiger partial charge on any atom is 0.283 e. The number of furan rings is 1. The summed E-state index contributed by atoms with van der Waals surface area (Å²) in [7, 11) is 4.15. The van der Waals surface area contributed by atoms with E-state index in [-0.39, 0.29) is 6.04 Å². The second kappa shape index (κ2) is 9.71. The Morgan fingerprint density at radius 2 is 1.96 bits per heavy atom. The molecule has 0 N–H and O–H groups in total. The molecule has 28 heavy (non-hydrogen) atoms. The molecule has 1 unspecified atom stereocenters. The van der Waals surface area contributed by atoms with Crippen molar-refractivity contribution in [3.8, 4) is 11.7 Å². The third-order valence-electron chi connectivity index (χ3n) is 4.36. The third-order valence-corrected chi connectivity index (χ3v) is 5.74. The van der Waals surface area contributed by atoms with E-state index in [1.165, 1.54) is 0 Å². The van der Waals surface area contributed by atoms with Crippen LogP contribution in [0.4, 0.5) is 0 Å². The van der Waals surface area contributed by atoms with Crippen molar-refractivity contribution in [1.29, 1.82) is 0 Å². The van der Waals surface area contributed by atoms with Crippen LogP contribution in [0.15, 0.2) is 30.8 Å². The van der Waals surface area contributed by atoms with Crippen LogP contribution in [0, 0.1) is 0 Å². The average molecular weight is 469 g/mol. The quantitative estimate of drug-likeness (QED) is 0.392. The second-order valence-corrected chi connectivity index (χ2v) is 8.35. The monoisotopic (exact) mass is 468 g/mol. The first-order valence-electron chi connectivity index (χ1n) is 9.33. The van der Waals surface area contributed by atoms with Gasteiger partial charge in [-0.3, -0.25) is 4.90 Å². The zero-order chi connectivity index (χ0) is 20.1. The van der Waals surface area contributed by atoms with Crippen molar-refractivity contribution in [2.75, 3.05) is 14.1 Å². The van der Waals surface area contributed by atoms with Crippen molar-refractivity contribution in [3.05, 3.63) is 28.5 Å². The Balaban J connectivity index is 1.75. The molecule has 0 saturated carbocycles. The normalized spacial score (nSPS) is 12.8. The summed E-state index contributed by atoms with van der Waals surface area (Å²) in [4.78, 5) is 2.19. The number of thioether (sulfide) groups is 1. The summed E-state index contributed by atoms with van der Waals surface area (Å²) in [5.74, 6) is 2.97. The molecule has 0 aromatic carbocycles. The predicted octanol–water partition coefficient (Wildman–Crippen LogP) is 4.79. The fourth-order valence-corrected chi connectivity index (χ4v) is 4.04. The van der Waals surface area contributed by atoms with E-state index in [1.54, 1.807) is 23.9 Å². The van der Waals surface area contributed by atoms with Gasteiger partial charge in [0.1, 0.15) is 0 Å². The topological polar surface area (TPSA) is 86.0 Å². The smallest absolute Gasteiger partial charge is 0.283 e. The van der Waals surface area contributed by atoms with Crippen LogP contribution in [0.3, 0.4) is 0 Å². The second-order valence-electron chi connectivity index (χ2n) is 6.63. The van der Waals surface area contributed by atoms with Gasteiger partial charge in [-0.25, -0.2) is 0 Å². The zero-order valence-electron chi connectivity index (χ0n) is 16.6. The van der Waals surface area contributed by atoms with Crippen LogP contribution in [0.5, 0.6) is 0 Å². The fourth-order valence-electron chi connectivity index (χ4n) is 2.93. The molecule has 3 rings (SSSR count). The molecule has 0 bridgehead atoms. The van der Waals surface area contributed by atoms with Gasteiger partial charge in [0.2, 0.25) is 5.89 Å². The molecule has 3 aromatic rings. The minimum atomic E-state index is 0.242. The Labute approximate surface area is 177 Å². The number of nitrogens with zero attached hydrogens (tertiary/aromatic N) is 6. The Bertz CT molecular complexity index is 890. The summed E-state index contributed by atoms with van der Waals surface area (Å²) < 4.78 is 14.0. The lowest BCUT2D eigenvalue weighted by molar-refractivity contribution is 0.270. The van der Waals surface area contributed by atoms with Gasteiger partial charge in [0, 0.05) is 6.54 Å². The van der Waals surface area contributed by atoms with Gasteiger partial charge >= 0.3 is 0 Å². The van der Waals surface area contributed by atoms with Crippen molar-refractivity contribution in [3.63, 3.8) is 0 Å². The van der Waals surface area contributed by atoms with Gasteiger partial charge in [-0.1, -0.05) is 32.0 Å². The lowest BCUT2D eigenvalue weighted by atomic mass is 10.2. The van der Waals surface area contributed by atoms with Crippen LogP contribution in [0.25, 0.3) is 11.7 Å². The predicted molar refractivity (Wildman–Crippen MR) is 111 cm³/mol. The van der Waals surface area contributed by atoms with Crippen LogP contribution in [-0.2, 0) is 12.3 Å². The van der Waals surface area contributed by atoms with Crippen molar-refractivity contribution in [2.24, 2.45) is 0 Å². The Morgan fingerprint density at radius 3 is 2.61 bits per heavy atom. The lowest BCUT2D eigenvalue weighted by Gasteiger charge is -2.23. The molecule has 3 heterocycles. The van der Waals surface area contributed by atoms with Gasteiger partial charge in [-0.2, -0.15) is 0 Å². The van der Waals surface area contributed by atoms with Crippen LogP contribution >= 0.6 is 27.7 Å². The molecule has 8 nitrogen and oxygen atoms in total. The third kappa shape index (κ3) is 4.84. The first kappa shape index (κ1) is 21.1. The molecule has 0 fully saturated rings. The molecule has 0 aliphatic rings. The van der Waals surface area contributed by atoms with E-state index >= 15 is 0 Å². The molecule has 0 aliphatic heterocycles. The van der Waals surface area contributed by atoms with E-state index < -0.39 is 0 Å². The summed E-state index contributed by atoms with van der Waals surface area (Å²) in [6.07, 6.45) is 3.18. The summed E-state index contributed by atoms with van der Waals surface area (Å²) in [5, 5.41) is 18.0. The van der Waals surface area contributed by atoms with Gasteiger partial charge in [-0.05, 0) is 55.0 Å². The average Bonchev–Trinajstić information content (AvgIpc) is 3.39. The maximum absolute atomic E-state index is 5.72. The number of unbranched alkanes of at least 4 members (excludes halogenated alkanes) is 1. The molecule has 10 heteroatoms. The first-order chi connectivity index (χ1) is 13.5. The standard InChI is InChI=1S/C18H25BrN6O2S/c1-5-7-10-25-16(12(6-2)24(3)4)21-23-18(25)28-11-15-20-22-17(27-15)13-8-9-14(19)26-13/h8-9,12H,5-7,10-11H2,1-4H3.